The van der Waals surface area contributed by atoms with Crippen LogP contribution in [0.2, 0.25) is 0 Å². The van der Waals surface area contributed by atoms with Crippen molar-refractivity contribution in [3.63, 3.8) is 0 Å². The van der Waals surface area contributed by atoms with E-state index in [1.165, 1.54) is 0 Å². The Morgan fingerprint density at radius 3 is 2.04 bits per heavy atom. The summed E-state index contributed by atoms with van der Waals surface area (Å²) in [7, 11) is -3.20. The van der Waals surface area contributed by atoms with Crippen LogP contribution in [0.15, 0.2) is 54.6 Å². The van der Waals surface area contributed by atoms with Crippen LogP contribution in [0.4, 0.5) is 0 Å². The second-order valence-electron chi connectivity index (χ2n) is 8.91. The molecule has 0 fully saturated rings. The molecule has 2 aromatic rings. The minimum atomic E-state index is -3.20. The molecule has 0 saturated heterocycles. The summed E-state index contributed by atoms with van der Waals surface area (Å²) in [4.78, 5) is 12.5. The average molecular weight is 402 g/mol. The molecule has 152 valence electrons. The SMILES string of the molecule is CC(C)(C)OP(=O)(CCC(=O)Oc1ccccc1C(C)(C)C)c1ccccc1. The number of para-hydroxylation sites is 1. The fourth-order valence-electron chi connectivity index (χ4n) is 2.91. The van der Waals surface area contributed by atoms with Crippen LogP contribution in [-0.2, 0) is 19.3 Å². The van der Waals surface area contributed by atoms with Crippen LogP contribution in [0, 0.1) is 0 Å². The van der Waals surface area contributed by atoms with Gasteiger partial charge in [-0.15, -0.1) is 0 Å². The monoisotopic (exact) mass is 402 g/mol. The van der Waals surface area contributed by atoms with Crippen molar-refractivity contribution in [1.82, 2.24) is 0 Å². The van der Waals surface area contributed by atoms with Crippen LogP contribution in [0.3, 0.4) is 0 Å². The lowest BCUT2D eigenvalue weighted by atomic mass is 9.86. The lowest BCUT2D eigenvalue weighted by Crippen LogP contribution is -2.24. The summed E-state index contributed by atoms with van der Waals surface area (Å²) in [6.07, 6.45) is 0.117. The maximum Gasteiger partial charge on any atom is 0.311 e. The molecule has 0 saturated carbocycles. The van der Waals surface area contributed by atoms with Gasteiger partial charge >= 0.3 is 5.97 Å². The van der Waals surface area contributed by atoms with Crippen molar-refractivity contribution in [1.29, 1.82) is 0 Å². The van der Waals surface area contributed by atoms with Crippen LogP contribution in [-0.4, -0.2) is 17.7 Å². The molecule has 0 amide bonds. The van der Waals surface area contributed by atoms with Gasteiger partial charge in [0.2, 0.25) is 7.37 Å². The zero-order valence-electron chi connectivity index (χ0n) is 17.7. The molecule has 1 atom stereocenters. The van der Waals surface area contributed by atoms with Gasteiger partial charge in [0.15, 0.2) is 0 Å². The van der Waals surface area contributed by atoms with Crippen molar-refractivity contribution in [3.05, 3.63) is 60.2 Å². The van der Waals surface area contributed by atoms with E-state index in [0.29, 0.717) is 11.1 Å². The number of ether oxygens (including phenoxy) is 1. The van der Waals surface area contributed by atoms with Crippen molar-refractivity contribution in [2.24, 2.45) is 0 Å². The number of carbonyl (C=O) groups excluding carboxylic acids is 1. The maximum absolute atomic E-state index is 13.6. The summed E-state index contributed by atoms with van der Waals surface area (Å²) in [5.74, 6) is 0.136. The molecule has 0 bridgehead atoms. The predicted molar refractivity (Wildman–Crippen MR) is 115 cm³/mol. The van der Waals surface area contributed by atoms with Crippen molar-refractivity contribution < 1.29 is 18.6 Å². The van der Waals surface area contributed by atoms with E-state index < -0.39 is 18.9 Å². The van der Waals surface area contributed by atoms with E-state index in [1.807, 2.05) is 57.2 Å². The van der Waals surface area contributed by atoms with E-state index >= 15 is 0 Å². The van der Waals surface area contributed by atoms with Gasteiger partial charge in [-0.1, -0.05) is 57.2 Å². The third kappa shape index (κ3) is 6.32. The third-order valence-corrected chi connectivity index (χ3v) is 6.84. The van der Waals surface area contributed by atoms with Gasteiger partial charge in [0.25, 0.3) is 0 Å². The molecule has 0 heterocycles. The Kier molecular flexibility index (Phi) is 6.90. The molecule has 28 heavy (non-hydrogen) atoms. The molecule has 0 aliphatic heterocycles. The van der Waals surface area contributed by atoms with Crippen LogP contribution in [0.25, 0.3) is 0 Å². The smallest absolute Gasteiger partial charge is 0.311 e. The molecule has 2 aromatic carbocycles. The fraction of sp³-hybridized carbons (Fsp3) is 0.435. The Balaban J connectivity index is 2.16. The van der Waals surface area contributed by atoms with Gasteiger partial charge in [-0.2, -0.15) is 0 Å². The Morgan fingerprint density at radius 2 is 1.46 bits per heavy atom. The Bertz CT molecular complexity index is 845. The highest BCUT2D eigenvalue weighted by molar-refractivity contribution is 7.67. The van der Waals surface area contributed by atoms with Gasteiger partial charge in [0.05, 0.1) is 12.0 Å². The second-order valence-corrected chi connectivity index (χ2v) is 11.4. The molecule has 0 aromatic heterocycles. The van der Waals surface area contributed by atoms with E-state index in [-0.39, 0.29) is 18.0 Å². The molecule has 0 radical (unpaired) electrons. The minimum Gasteiger partial charge on any atom is -0.426 e. The van der Waals surface area contributed by atoms with Gasteiger partial charge in [-0.25, -0.2) is 0 Å². The first-order chi connectivity index (χ1) is 12.9. The molecule has 0 N–H and O–H groups in total. The minimum absolute atomic E-state index is 0.0146. The fourth-order valence-corrected chi connectivity index (χ4v) is 5.36. The zero-order valence-corrected chi connectivity index (χ0v) is 18.6. The van der Waals surface area contributed by atoms with Crippen molar-refractivity contribution in [2.45, 2.75) is 59.0 Å². The normalized spacial score (nSPS) is 14.4. The third-order valence-electron chi connectivity index (χ3n) is 4.10. The Labute approximate surface area is 168 Å². The van der Waals surface area contributed by atoms with E-state index in [1.54, 1.807) is 18.2 Å². The maximum atomic E-state index is 13.6. The first-order valence-electron chi connectivity index (χ1n) is 9.56. The lowest BCUT2D eigenvalue weighted by molar-refractivity contribution is -0.134. The molecule has 5 heteroatoms. The van der Waals surface area contributed by atoms with E-state index in [9.17, 15) is 9.36 Å². The first-order valence-corrected chi connectivity index (χ1v) is 11.4. The van der Waals surface area contributed by atoms with Gasteiger partial charge in [0.1, 0.15) is 5.75 Å². The molecule has 0 spiro atoms. The summed E-state index contributed by atoms with van der Waals surface area (Å²) in [5, 5.41) is 0.618. The van der Waals surface area contributed by atoms with E-state index in [0.717, 1.165) is 5.56 Å². The van der Waals surface area contributed by atoms with Gasteiger partial charge in [0, 0.05) is 17.0 Å². The highest BCUT2D eigenvalue weighted by Crippen LogP contribution is 2.49. The van der Waals surface area contributed by atoms with Crippen LogP contribution in [0.5, 0.6) is 5.75 Å². The highest BCUT2D eigenvalue weighted by atomic mass is 31.2. The largest absolute Gasteiger partial charge is 0.426 e. The second kappa shape index (κ2) is 8.63. The molecule has 1 unspecified atom stereocenters. The van der Waals surface area contributed by atoms with Crippen molar-refractivity contribution in [2.75, 3.05) is 6.16 Å². The average Bonchev–Trinajstić information content (AvgIpc) is 2.59. The molecule has 0 aliphatic carbocycles. The highest BCUT2D eigenvalue weighted by Gasteiger charge is 2.32. The Morgan fingerprint density at radius 1 is 0.893 bits per heavy atom. The summed E-state index contributed by atoms with van der Waals surface area (Å²) in [6, 6.07) is 16.6. The quantitative estimate of drug-likeness (QED) is 0.353. The van der Waals surface area contributed by atoms with Crippen LogP contribution < -0.4 is 10.0 Å². The van der Waals surface area contributed by atoms with E-state index in [2.05, 4.69) is 20.8 Å². The molecular weight excluding hydrogens is 371 g/mol. The molecule has 4 nitrogen and oxygen atoms in total. The Hall–Kier alpha value is -1.90. The predicted octanol–water partition coefficient (Wildman–Crippen LogP) is 5.70. The number of benzene rings is 2. The summed E-state index contributed by atoms with van der Waals surface area (Å²) in [6.45, 7) is 11.8. The van der Waals surface area contributed by atoms with Gasteiger partial charge < -0.3 is 9.26 Å². The number of hydrogen-bond acceptors (Lipinski definition) is 4. The summed E-state index contributed by atoms with van der Waals surface area (Å²) < 4.78 is 25.1. The number of carbonyl (C=O) groups is 1. The summed E-state index contributed by atoms with van der Waals surface area (Å²) >= 11 is 0. The summed E-state index contributed by atoms with van der Waals surface area (Å²) in [5.41, 5.74) is 0.222. The molecule has 2 rings (SSSR count). The van der Waals surface area contributed by atoms with Crippen LogP contribution >= 0.6 is 7.37 Å². The topological polar surface area (TPSA) is 52.6 Å². The standard InChI is InChI=1S/C23H31O4P/c1-22(2,3)19-14-10-11-15-20(19)26-21(24)16-17-28(25,27-23(4,5)6)18-12-8-7-9-13-18/h7-15H,16-17H2,1-6H3. The van der Waals surface area contributed by atoms with Gasteiger partial charge in [-0.3, -0.25) is 9.36 Å². The number of esters is 1. The van der Waals surface area contributed by atoms with Gasteiger partial charge in [-0.05, 0) is 44.4 Å². The number of hydrogen-bond donors (Lipinski definition) is 0. The number of rotatable bonds is 6. The lowest BCUT2D eigenvalue weighted by Gasteiger charge is -2.28. The zero-order chi connectivity index (χ0) is 21.0. The molecule has 0 aliphatic rings. The van der Waals surface area contributed by atoms with Crippen molar-refractivity contribution in [3.8, 4) is 5.75 Å². The van der Waals surface area contributed by atoms with E-state index in [4.69, 9.17) is 9.26 Å². The van der Waals surface area contributed by atoms with Crippen molar-refractivity contribution >= 4 is 18.6 Å². The van der Waals surface area contributed by atoms with Crippen LogP contribution in [0.1, 0.15) is 53.5 Å². The first kappa shape index (κ1) is 22.4. The molecular formula is C23H31O4P.